The second-order valence-electron chi connectivity index (χ2n) is 4.92. The number of aryl methyl sites for hydroxylation is 2. The third-order valence-electron chi connectivity index (χ3n) is 2.89. The van der Waals surface area contributed by atoms with Crippen LogP contribution in [0.2, 0.25) is 0 Å². The van der Waals surface area contributed by atoms with E-state index in [1.165, 1.54) is 10.9 Å². The normalized spacial score (nSPS) is 12.1. The lowest BCUT2D eigenvalue weighted by molar-refractivity contribution is 0.0690. The van der Waals surface area contributed by atoms with Gasteiger partial charge in [-0.05, 0) is 19.9 Å². The zero-order valence-corrected chi connectivity index (χ0v) is 12.1. The van der Waals surface area contributed by atoms with E-state index in [1.54, 1.807) is 11.7 Å². The summed E-state index contributed by atoms with van der Waals surface area (Å²) in [5, 5.41) is 19.9. The number of carboxylic acids is 1. The van der Waals surface area contributed by atoms with Gasteiger partial charge in [-0.25, -0.2) is 4.79 Å². The van der Waals surface area contributed by atoms with Crippen LogP contribution in [0.25, 0.3) is 0 Å². The molecule has 2 rings (SSSR count). The molecule has 1 atom stereocenters. The van der Waals surface area contributed by atoms with E-state index in [0.717, 1.165) is 5.69 Å². The molecule has 0 spiro atoms. The Balaban J connectivity index is 2.05. The van der Waals surface area contributed by atoms with E-state index in [-0.39, 0.29) is 17.3 Å². The van der Waals surface area contributed by atoms with Gasteiger partial charge >= 0.3 is 5.97 Å². The predicted octanol–water partition coefficient (Wildman–Crippen LogP) is 0.442. The van der Waals surface area contributed by atoms with E-state index in [0.29, 0.717) is 6.54 Å². The number of carbonyl (C=O) groups excluding carboxylic acids is 1. The van der Waals surface area contributed by atoms with Crippen LogP contribution < -0.4 is 5.32 Å². The van der Waals surface area contributed by atoms with E-state index in [4.69, 9.17) is 5.11 Å². The fourth-order valence-electron chi connectivity index (χ4n) is 2.00. The number of hydrogen-bond donors (Lipinski definition) is 2. The molecule has 0 fully saturated rings. The average Bonchev–Trinajstić information content (AvgIpc) is 2.95. The number of rotatable bonds is 5. The number of nitrogens with zero attached hydrogens (tertiary/aromatic N) is 4. The van der Waals surface area contributed by atoms with Gasteiger partial charge in [0.05, 0.1) is 12.2 Å². The van der Waals surface area contributed by atoms with Crippen LogP contribution in [-0.4, -0.2) is 42.6 Å². The number of nitrogens with one attached hydrogen (secondary N) is 1. The van der Waals surface area contributed by atoms with Crippen molar-refractivity contribution >= 4 is 11.9 Å². The lowest BCUT2D eigenvalue weighted by Gasteiger charge is -2.13. The standard InChI is InChI=1S/C13H17N5O3/c1-8-4-5-18(15-8)6-9(2)14-12(19)11-10(13(20)21)7-17(3)16-11/h4-5,7,9H,6H2,1-3H3,(H,14,19)(H,20,21). The molecule has 0 saturated carbocycles. The van der Waals surface area contributed by atoms with E-state index in [9.17, 15) is 9.59 Å². The Morgan fingerprint density at radius 2 is 2.14 bits per heavy atom. The van der Waals surface area contributed by atoms with E-state index >= 15 is 0 Å². The minimum Gasteiger partial charge on any atom is -0.478 e. The lowest BCUT2D eigenvalue weighted by Crippen LogP contribution is -2.36. The number of amides is 1. The van der Waals surface area contributed by atoms with Crippen molar-refractivity contribution < 1.29 is 14.7 Å². The number of aromatic nitrogens is 4. The molecule has 2 aromatic heterocycles. The van der Waals surface area contributed by atoms with Crippen molar-refractivity contribution in [2.75, 3.05) is 0 Å². The van der Waals surface area contributed by atoms with Gasteiger partial charge in [-0.2, -0.15) is 10.2 Å². The van der Waals surface area contributed by atoms with Crippen molar-refractivity contribution in [2.24, 2.45) is 7.05 Å². The molecule has 0 aliphatic heterocycles. The zero-order valence-electron chi connectivity index (χ0n) is 12.1. The summed E-state index contributed by atoms with van der Waals surface area (Å²) in [5.74, 6) is -1.69. The Labute approximate surface area is 121 Å². The first-order valence-electron chi connectivity index (χ1n) is 6.44. The first-order valence-corrected chi connectivity index (χ1v) is 6.44. The summed E-state index contributed by atoms with van der Waals surface area (Å²) in [7, 11) is 1.57. The molecule has 1 amide bonds. The summed E-state index contributed by atoms with van der Waals surface area (Å²) in [4.78, 5) is 23.2. The van der Waals surface area contributed by atoms with Crippen molar-refractivity contribution in [3.63, 3.8) is 0 Å². The predicted molar refractivity (Wildman–Crippen MR) is 74.1 cm³/mol. The number of carbonyl (C=O) groups is 2. The Bertz CT molecular complexity index is 673. The molecule has 1 unspecified atom stereocenters. The third kappa shape index (κ3) is 3.47. The molecule has 8 heteroatoms. The van der Waals surface area contributed by atoms with E-state index < -0.39 is 11.9 Å². The third-order valence-corrected chi connectivity index (χ3v) is 2.89. The summed E-state index contributed by atoms with van der Waals surface area (Å²) >= 11 is 0. The summed E-state index contributed by atoms with van der Waals surface area (Å²) < 4.78 is 3.02. The highest BCUT2D eigenvalue weighted by Crippen LogP contribution is 2.07. The maximum absolute atomic E-state index is 12.1. The van der Waals surface area contributed by atoms with Crippen LogP contribution in [-0.2, 0) is 13.6 Å². The molecule has 2 heterocycles. The van der Waals surface area contributed by atoms with Crippen LogP contribution in [0.5, 0.6) is 0 Å². The average molecular weight is 291 g/mol. The van der Waals surface area contributed by atoms with Gasteiger partial charge in [0.15, 0.2) is 5.69 Å². The Morgan fingerprint density at radius 3 is 2.71 bits per heavy atom. The van der Waals surface area contributed by atoms with Crippen molar-refractivity contribution in [1.82, 2.24) is 24.9 Å². The maximum atomic E-state index is 12.1. The maximum Gasteiger partial charge on any atom is 0.339 e. The zero-order chi connectivity index (χ0) is 15.6. The molecule has 0 aliphatic rings. The molecule has 8 nitrogen and oxygen atoms in total. The van der Waals surface area contributed by atoms with Crippen molar-refractivity contribution in [1.29, 1.82) is 0 Å². The Morgan fingerprint density at radius 1 is 1.43 bits per heavy atom. The minimum atomic E-state index is -1.18. The molecule has 0 aromatic carbocycles. The molecule has 0 aliphatic carbocycles. The fraction of sp³-hybridized carbons (Fsp3) is 0.385. The van der Waals surface area contributed by atoms with Crippen LogP contribution in [0.1, 0.15) is 33.5 Å². The van der Waals surface area contributed by atoms with Gasteiger partial charge in [-0.1, -0.05) is 0 Å². The second kappa shape index (κ2) is 5.78. The van der Waals surface area contributed by atoms with E-state index in [2.05, 4.69) is 15.5 Å². The molecule has 0 bridgehead atoms. The van der Waals surface area contributed by atoms with Gasteiger partial charge < -0.3 is 10.4 Å². The van der Waals surface area contributed by atoms with Crippen LogP contribution in [0.15, 0.2) is 18.5 Å². The summed E-state index contributed by atoms with van der Waals surface area (Å²) in [6, 6.07) is 1.66. The summed E-state index contributed by atoms with van der Waals surface area (Å²) in [6.45, 7) is 4.19. The van der Waals surface area contributed by atoms with Crippen molar-refractivity contribution in [2.45, 2.75) is 26.4 Å². The Hall–Kier alpha value is -2.64. The van der Waals surface area contributed by atoms with Crippen LogP contribution in [0.3, 0.4) is 0 Å². The molecule has 2 N–H and O–H groups in total. The smallest absolute Gasteiger partial charge is 0.339 e. The largest absolute Gasteiger partial charge is 0.478 e. The molecule has 0 radical (unpaired) electrons. The number of aromatic carboxylic acids is 1. The monoisotopic (exact) mass is 291 g/mol. The highest BCUT2D eigenvalue weighted by Gasteiger charge is 2.22. The second-order valence-corrected chi connectivity index (χ2v) is 4.92. The topological polar surface area (TPSA) is 102 Å². The molecular weight excluding hydrogens is 274 g/mol. The first-order chi connectivity index (χ1) is 9.86. The van der Waals surface area contributed by atoms with E-state index in [1.807, 2.05) is 26.1 Å². The van der Waals surface area contributed by atoms with Gasteiger partial charge in [0.2, 0.25) is 0 Å². The highest BCUT2D eigenvalue weighted by molar-refractivity contribution is 6.03. The van der Waals surface area contributed by atoms with Crippen molar-refractivity contribution in [3.05, 3.63) is 35.4 Å². The first kappa shape index (κ1) is 14.8. The molecular formula is C13H17N5O3. The summed E-state index contributed by atoms with van der Waals surface area (Å²) in [6.07, 6.45) is 3.13. The highest BCUT2D eigenvalue weighted by atomic mass is 16.4. The number of carboxylic acid groups (broad SMARTS) is 1. The number of hydrogen-bond acceptors (Lipinski definition) is 4. The lowest BCUT2D eigenvalue weighted by atomic mass is 10.2. The van der Waals surface area contributed by atoms with Gasteiger partial charge in [-0.15, -0.1) is 0 Å². The van der Waals surface area contributed by atoms with Crippen molar-refractivity contribution in [3.8, 4) is 0 Å². The fourth-order valence-corrected chi connectivity index (χ4v) is 2.00. The molecule has 112 valence electrons. The summed E-state index contributed by atoms with van der Waals surface area (Å²) in [5.41, 5.74) is 0.692. The SMILES string of the molecule is Cc1ccn(CC(C)NC(=O)c2nn(C)cc2C(=O)O)n1. The van der Waals surface area contributed by atoms with Gasteiger partial charge in [0, 0.05) is 25.5 Å². The van der Waals surface area contributed by atoms with Crippen LogP contribution >= 0.6 is 0 Å². The van der Waals surface area contributed by atoms with Gasteiger partial charge in [0.25, 0.3) is 5.91 Å². The minimum absolute atomic E-state index is 0.0894. The molecule has 0 saturated heterocycles. The molecule has 2 aromatic rings. The van der Waals surface area contributed by atoms with Gasteiger partial charge in [-0.3, -0.25) is 14.2 Å². The quantitative estimate of drug-likeness (QED) is 0.832. The van der Waals surface area contributed by atoms with Gasteiger partial charge in [0.1, 0.15) is 5.56 Å². The van der Waals surface area contributed by atoms with Crippen LogP contribution in [0, 0.1) is 6.92 Å². The Kier molecular flexibility index (Phi) is 4.06. The van der Waals surface area contributed by atoms with Crippen LogP contribution in [0.4, 0.5) is 0 Å². The molecule has 21 heavy (non-hydrogen) atoms.